The molecular formula is C9H9F3N2O3S. The second-order valence-electron chi connectivity index (χ2n) is 3.28. The van der Waals surface area contributed by atoms with Crippen LogP contribution in [0.3, 0.4) is 0 Å². The molecule has 0 unspecified atom stereocenters. The fraction of sp³-hybridized carbons (Fsp3) is 0.222. The second-order valence-corrected chi connectivity index (χ2v) is 4.78. The Bertz CT molecular complexity index is 511. The third-order valence-corrected chi connectivity index (χ3v) is 2.79. The molecule has 0 radical (unpaired) electrons. The molecule has 1 aromatic rings. The maximum atomic E-state index is 11.8. The lowest BCUT2D eigenvalue weighted by molar-refractivity contribution is -0.121. The van der Waals surface area contributed by atoms with Gasteiger partial charge in [-0.15, -0.1) is 0 Å². The normalized spacial score (nSPS) is 12.2. The van der Waals surface area contributed by atoms with Gasteiger partial charge in [0.25, 0.3) is 10.2 Å². The molecule has 0 aliphatic carbocycles. The van der Waals surface area contributed by atoms with Crippen LogP contribution in [0.25, 0.3) is 0 Å². The van der Waals surface area contributed by atoms with E-state index >= 15 is 0 Å². The number of anilines is 1. The van der Waals surface area contributed by atoms with E-state index in [0.717, 1.165) is 0 Å². The summed E-state index contributed by atoms with van der Waals surface area (Å²) in [7, 11) is -4.30. The van der Waals surface area contributed by atoms with Crippen LogP contribution in [0.1, 0.15) is 10.4 Å². The molecule has 2 N–H and O–H groups in total. The maximum absolute atomic E-state index is 11.8. The first-order chi connectivity index (χ1) is 8.22. The molecule has 0 saturated heterocycles. The first-order valence-corrected chi connectivity index (χ1v) is 6.09. The summed E-state index contributed by atoms with van der Waals surface area (Å²) >= 11 is 0. The van der Waals surface area contributed by atoms with Crippen molar-refractivity contribution >= 4 is 22.2 Å². The first-order valence-electron chi connectivity index (χ1n) is 4.61. The van der Waals surface area contributed by atoms with Gasteiger partial charge in [0.1, 0.15) is 12.8 Å². The Labute approximate surface area is 101 Å². The molecule has 18 heavy (non-hydrogen) atoms. The van der Waals surface area contributed by atoms with Gasteiger partial charge in [-0.2, -0.15) is 26.3 Å². The summed E-state index contributed by atoms with van der Waals surface area (Å²) in [5, 5.41) is 0. The number of carbonyl (C=O) groups excluding carboxylic acids is 1. The van der Waals surface area contributed by atoms with Gasteiger partial charge in [0.2, 0.25) is 0 Å². The number of benzene rings is 1. The van der Waals surface area contributed by atoms with Gasteiger partial charge in [-0.3, -0.25) is 9.52 Å². The number of hydrogen-bond donors (Lipinski definition) is 2. The highest BCUT2D eigenvalue weighted by molar-refractivity contribution is 7.90. The molecule has 5 nitrogen and oxygen atoms in total. The van der Waals surface area contributed by atoms with Crippen molar-refractivity contribution < 1.29 is 26.4 Å². The van der Waals surface area contributed by atoms with Crippen LogP contribution in [0.2, 0.25) is 0 Å². The van der Waals surface area contributed by atoms with Gasteiger partial charge in [-0.25, -0.2) is 0 Å². The summed E-state index contributed by atoms with van der Waals surface area (Å²) in [6, 6.07) is 5.18. The van der Waals surface area contributed by atoms with E-state index in [1.807, 2.05) is 4.72 Å². The van der Waals surface area contributed by atoms with Crippen molar-refractivity contribution in [2.75, 3.05) is 11.3 Å². The Balaban J connectivity index is 2.67. The number of aldehydes is 1. The molecule has 1 rings (SSSR count). The van der Waals surface area contributed by atoms with E-state index in [0.29, 0.717) is 11.8 Å². The largest absolute Gasteiger partial charge is 0.402 e. The van der Waals surface area contributed by atoms with Gasteiger partial charge in [0.15, 0.2) is 0 Å². The van der Waals surface area contributed by atoms with Crippen molar-refractivity contribution in [1.82, 2.24) is 4.72 Å². The van der Waals surface area contributed by atoms with Gasteiger partial charge in [0, 0.05) is 11.3 Å². The minimum atomic E-state index is -4.63. The summed E-state index contributed by atoms with van der Waals surface area (Å²) in [6.07, 6.45) is -4.07. The predicted octanol–water partition coefficient (Wildman–Crippen LogP) is 1.31. The summed E-state index contributed by atoms with van der Waals surface area (Å²) in [5.41, 5.74) is 0.372. The molecule has 0 aliphatic heterocycles. The number of hydrogen-bond acceptors (Lipinski definition) is 3. The zero-order valence-corrected chi connectivity index (χ0v) is 9.68. The Morgan fingerprint density at radius 3 is 2.17 bits per heavy atom. The fourth-order valence-corrected chi connectivity index (χ4v) is 1.87. The lowest BCUT2D eigenvalue weighted by Crippen LogP contribution is -2.37. The molecule has 1 aromatic carbocycles. The van der Waals surface area contributed by atoms with Crippen LogP contribution in [0.15, 0.2) is 24.3 Å². The van der Waals surface area contributed by atoms with Crippen LogP contribution in [0.4, 0.5) is 18.9 Å². The highest BCUT2D eigenvalue weighted by atomic mass is 32.2. The fourth-order valence-electron chi connectivity index (χ4n) is 0.998. The maximum Gasteiger partial charge on any atom is 0.402 e. The SMILES string of the molecule is O=Cc1ccc(NS(=O)(=O)NCC(F)(F)F)cc1. The Hall–Kier alpha value is -1.61. The van der Waals surface area contributed by atoms with Gasteiger partial charge in [-0.05, 0) is 24.3 Å². The average Bonchev–Trinajstić information content (AvgIpc) is 2.26. The molecule has 9 heteroatoms. The number of halogens is 3. The zero-order valence-electron chi connectivity index (χ0n) is 8.86. The standard InChI is InChI=1S/C9H9F3N2O3S/c10-9(11,12)6-13-18(16,17)14-8-3-1-7(5-15)2-4-8/h1-5,13-14H,6H2. The van der Waals surface area contributed by atoms with E-state index in [4.69, 9.17) is 0 Å². The van der Waals surface area contributed by atoms with Crippen LogP contribution < -0.4 is 9.44 Å². The third kappa shape index (κ3) is 5.15. The molecule has 100 valence electrons. The lowest BCUT2D eigenvalue weighted by Gasteiger charge is -2.11. The molecule has 0 heterocycles. The molecule has 0 saturated carbocycles. The number of nitrogens with one attached hydrogen (secondary N) is 2. The molecule has 0 atom stereocenters. The third-order valence-electron chi connectivity index (χ3n) is 1.76. The van der Waals surface area contributed by atoms with Gasteiger partial charge in [0.05, 0.1) is 0 Å². The van der Waals surface area contributed by atoms with Gasteiger partial charge >= 0.3 is 6.18 Å². The Kier molecular flexibility index (Phi) is 4.30. The smallest absolute Gasteiger partial charge is 0.298 e. The van der Waals surface area contributed by atoms with Crippen molar-refractivity contribution in [3.63, 3.8) is 0 Å². The Morgan fingerprint density at radius 2 is 1.72 bits per heavy atom. The summed E-state index contributed by atoms with van der Waals surface area (Å²) in [5.74, 6) is 0. The summed E-state index contributed by atoms with van der Waals surface area (Å²) in [6.45, 7) is -1.66. The van der Waals surface area contributed by atoms with E-state index in [-0.39, 0.29) is 5.69 Å². The van der Waals surface area contributed by atoms with Crippen molar-refractivity contribution in [3.8, 4) is 0 Å². The van der Waals surface area contributed by atoms with Crippen LogP contribution >= 0.6 is 0 Å². The molecule has 0 spiro atoms. The van der Waals surface area contributed by atoms with E-state index in [1.54, 1.807) is 0 Å². The number of alkyl halides is 3. The zero-order chi connectivity index (χ0) is 13.8. The molecule has 0 aliphatic rings. The number of rotatable bonds is 5. The molecule has 0 amide bonds. The van der Waals surface area contributed by atoms with Crippen molar-refractivity contribution in [2.24, 2.45) is 0 Å². The van der Waals surface area contributed by atoms with Crippen LogP contribution in [-0.2, 0) is 10.2 Å². The van der Waals surface area contributed by atoms with E-state index < -0.39 is 22.9 Å². The Morgan fingerprint density at radius 1 is 1.17 bits per heavy atom. The van der Waals surface area contributed by atoms with E-state index in [2.05, 4.69) is 0 Å². The highest BCUT2D eigenvalue weighted by Crippen LogP contribution is 2.14. The molecule has 0 aromatic heterocycles. The van der Waals surface area contributed by atoms with Gasteiger partial charge < -0.3 is 0 Å². The number of carbonyl (C=O) groups is 1. The molecule has 0 bridgehead atoms. The van der Waals surface area contributed by atoms with E-state index in [9.17, 15) is 26.4 Å². The predicted molar refractivity (Wildman–Crippen MR) is 58.4 cm³/mol. The molecule has 0 fully saturated rings. The lowest BCUT2D eigenvalue weighted by atomic mass is 10.2. The van der Waals surface area contributed by atoms with E-state index in [1.165, 1.54) is 29.0 Å². The summed E-state index contributed by atoms with van der Waals surface area (Å²) in [4.78, 5) is 10.3. The quantitative estimate of drug-likeness (QED) is 0.799. The monoisotopic (exact) mass is 282 g/mol. The minimum absolute atomic E-state index is 0.0512. The topological polar surface area (TPSA) is 75.3 Å². The minimum Gasteiger partial charge on any atom is -0.298 e. The highest BCUT2D eigenvalue weighted by Gasteiger charge is 2.29. The van der Waals surface area contributed by atoms with Crippen molar-refractivity contribution in [3.05, 3.63) is 29.8 Å². The first kappa shape index (κ1) is 14.5. The van der Waals surface area contributed by atoms with Crippen LogP contribution in [0, 0.1) is 0 Å². The average molecular weight is 282 g/mol. The summed E-state index contributed by atoms with van der Waals surface area (Å²) < 4.78 is 61.1. The van der Waals surface area contributed by atoms with Crippen LogP contribution in [-0.4, -0.2) is 27.4 Å². The molecular weight excluding hydrogens is 273 g/mol. The van der Waals surface area contributed by atoms with Crippen molar-refractivity contribution in [1.29, 1.82) is 0 Å². The second kappa shape index (κ2) is 5.36. The van der Waals surface area contributed by atoms with Gasteiger partial charge in [-0.1, -0.05) is 0 Å². The van der Waals surface area contributed by atoms with Crippen LogP contribution in [0.5, 0.6) is 0 Å². The van der Waals surface area contributed by atoms with Crippen molar-refractivity contribution in [2.45, 2.75) is 6.18 Å².